The van der Waals surface area contributed by atoms with Crippen LogP contribution in [0.4, 0.5) is 5.69 Å². The highest BCUT2D eigenvalue weighted by Gasteiger charge is 2.10. The van der Waals surface area contributed by atoms with E-state index in [4.69, 9.17) is 25.5 Å². The lowest BCUT2D eigenvalue weighted by atomic mass is 10.1. The van der Waals surface area contributed by atoms with Gasteiger partial charge in [-0.3, -0.25) is 14.6 Å². The molecule has 0 heterocycles. The van der Waals surface area contributed by atoms with Crippen LogP contribution in [0.2, 0.25) is 0 Å². The van der Waals surface area contributed by atoms with Crippen molar-refractivity contribution in [2.75, 3.05) is 64.4 Å². The van der Waals surface area contributed by atoms with Gasteiger partial charge in [0.05, 0.1) is 26.4 Å². The molecular formula is C27H44ClN3O7. The molecular weight excluding hydrogens is 514 g/mol. The number of carbonyl (C=O) groups is 2. The van der Waals surface area contributed by atoms with Gasteiger partial charge in [0.25, 0.3) is 0 Å². The number of benzene rings is 2. The van der Waals surface area contributed by atoms with E-state index in [-0.39, 0.29) is 49.4 Å². The van der Waals surface area contributed by atoms with E-state index >= 15 is 0 Å². The first-order valence-corrected chi connectivity index (χ1v) is 12.3. The Bertz CT molecular complexity index is 893. The molecule has 6 N–H and O–H groups in total. The number of likely N-dealkylation sites (N-methyl/N-ethyl adjacent to an activating group) is 1. The van der Waals surface area contributed by atoms with Gasteiger partial charge < -0.3 is 30.8 Å². The normalized spacial score (nSPS) is 10.0. The number of aryl methyl sites for hydroxylation is 2. The van der Waals surface area contributed by atoms with Gasteiger partial charge >= 0.3 is 5.97 Å². The Morgan fingerprint density at radius 1 is 0.789 bits per heavy atom. The number of carbonyl (C=O) groups excluding carboxylic acids is 1. The standard InChI is InChI=1S/C14H22N2O.C7H6O3.C6H15NO3.ClH/c1-5-16(6-2)10-13(17)15-14-11(3)8-7-9-12(14)4;8-6-4-2-1-3-5(6)7(9)10;8-4-1-7(2-5-9)3-6-10;/h7-9H,5-6,10H2,1-4H3,(H,15,17);1-4,8H,(H,9,10);8-10H,1-6H2;1H. The van der Waals surface area contributed by atoms with Crippen LogP contribution in [0, 0.1) is 13.8 Å². The molecule has 0 aliphatic heterocycles. The number of rotatable bonds is 12. The average Bonchev–Trinajstić information content (AvgIpc) is 2.86. The number of carboxylic acids is 1. The van der Waals surface area contributed by atoms with E-state index in [0.29, 0.717) is 26.2 Å². The molecule has 0 atom stereocenters. The van der Waals surface area contributed by atoms with E-state index in [9.17, 15) is 9.59 Å². The molecule has 0 saturated carbocycles. The largest absolute Gasteiger partial charge is 0.507 e. The number of hydrogen-bond donors (Lipinski definition) is 6. The lowest BCUT2D eigenvalue weighted by Gasteiger charge is -2.18. The lowest BCUT2D eigenvalue weighted by Crippen LogP contribution is -2.33. The van der Waals surface area contributed by atoms with Crippen molar-refractivity contribution in [3.63, 3.8) is 0 Å². The topological polar surface area (TPSA) is 154 Å². The van der Waals surface area contributed by atoms with E-state index in [2.05, 4.69) is 24.1 Å². The third-order valence-electron chi connectivity index (χ3n) is 5.39. The maximum Gasteiger partial charge on any atom is 0.339 e. The maximum absolute atomic E-state index is 11.9. The van der Waals surface area contributed by atoms with Gasteiger partial charge in [-0.2, -0.15) is 0 Å². The fraction of sp³-hybridized carbons (Fsp3) is 0.481. The number of nitrogens with zero attached hydrogens (tertiary/aromatic N) is 2. The van der Waals surface area contributed by atoms with Crippen molar-refractivity contribution in [2.24, 2.45) is 0 Å². The molecule has 0 unspecified atom stereocenters. The van der Waals surface area contributed by atoms with Crippen molar-refractivity contribution >= 4 is 30.0 Å². The number of aromatic hydroxyl groups is 1. The summed E-state index contributed by atoms with van der Waals surface area (Å²) in [5, 5.41) is 45.8. The predicted octanol–water partition coefficient (Wildman–Crippen LogP) is 2.36. The SMILES string of the molecule is CCN(CC)CC(=O)Nc1c(C)cccc1C.Cl.O=C(O)c1ccccc1O.OCCN(CCO)CCO. The highest BCUT2D eigenvalue weighted by Crippen LogP contribution is 2.19. The first kappa shape index (κ1) is 37.4. The van der Waals surface area contributed by atoms with Gasteiger partial charge in [0.15, 0.2) is 0 Å². The van der Waals surface area contributed by atoms with Crippen LogP contribution in [-0.2, 0) is 4.79 Å². The Morgan fingerprint density at radius 2 is 1.26 bits per heavy atom. The predicted molar refractivity (Wildman–Crippen MR) is 152 cm³/mol. The zero-order valence-corrected chi connectivity index (χ0v) is 23.6. The molecule has 0 aliphatic rings. The Morgan fingerprint density at radius 3 is 1.63 bits per heavy atom. The number of aromatic carboxylic acids is 1. The summed E-state index contributed by atoms with van der Waals surface area (Å²) >= 11 is 0. The molecule has 216 valence electrons. The van der Waals surface area contributed by atoms with Crippen LogP contribution < -0.4 is 5.32 Å². The molecule has 0 aromatic heterocycles. The first-order valence-electron chi connectivity index (χ1n) is 12.3. The summed E-state index contributed by atoms with van der Waals surface area (Å²) in [5.74, 6) is -1.25. The molecule has 0 bridgehead atoms. The van der Waals surface area contributed by atoms with E-state index in [0.717, 1.165) is 29.9 Å². The third-order valence-corrected chi connectivity index (χ3v) is 5.39. The number of anilines is 1. The Balaban J connectivity index is 0. The van der Waals surface area contributed by atoms with Gasteiger partial charge in [-0.25, -0.2) is 4.79 Å². The molecule has 10 nitrogen and oxygen atoms in total. The second kappa shape index (κ2) is 22.3. The van der Waals surface area contributed by atoms with Crippen molar-refractivity contribution in [1.29, 1.82) is 0 Å². The highest BCUT2D eigenvalue weighted by molar-refractivity contribution is 5.93. The fourth-order valence-corrected chi connectivity index (χ4v) is 3.26. The van der Waals surface area contributed by atoms with Crippen LogP contribution in [0.1, 0.15) is 35.3 Å². The molecule has 2 rings (SSSR count). The number of aliphatic hydroxyl groups excluding tert-OH is 3. The fourth-order valence-electron chi connectivity index (χ4n) is 3.26. The van der Waals surface area contributed by atoms with E-state index in [1.807, 2.05) is 32.0 Å². The summed E-state index contributed by atoms with van der Waals surface area (Å²) < 4.78 is 0. The maximum atomic E-state index is 11.9. The Labute approximate surface area is 231 Å². The van der Waals surface area contributed by atoms with Crippen molar-refractivity contribution < 1.29 is 35.1 Å². The Hall–Kier alpha value is -2.73. The minimum Gasteiger partial charge on any atom is -0.507 e. The molecule has 0 fully saturated rings. The van der Waals surface area contributed by atoms with Crippen molar-refractivity contribution in [1.82, 2.24) is 9.80 Å². The molecule has 0 aliphatic carbocycles. The van der Waals surface area contributed by atoms with Gasteiger partial charge in [0.1, 0.15) is 11.3 Å². The van der Waals surface area contributed by atoms with Crippen LogP contribution in [0.25, 0.3) is 0 Å². The number of halogens is 1. The van der Waals surface area contributed by atoms with E-state index in [1.54, 1.807) is 17.0 Å². The number of hydrogen-bond acceptors (Lipinski definition) is 8. The van der Waals surface area contributed by atoms with Gasteiger partial charge in [0.2, 0.25) is 5.91 Å². The van der Waals surface area contributed by atoms with E-state index in [1.165, 1.54) is 12.1 Å². The molecule has 0 saturated heterocycles. The highest BCUT2D eigenvalue weighted by atomic mass is 35.5. The summed E-state index contributed by atoms with van der Waals surface area (Å²) in [7, 11) is 0. The van der Waals surface area contributed by atoms with Crippen LogP contribution in [0.3, 0.4) is 0 Å². The summed E-state index contributed by atoms with van der Waals surface area (Å²) in [6, 6.07) is 11.8. The second-order valence-electron chi connectivity index (χ2n) is 8.11. The number of phenols is 1. The molecule has 1 amide bonds. The van der Waals surface area contributed by atoms with Crippen molar-refractivity contribution in [3.8, 4) is 5.75 Å². The lowest BCUT2D eigenvalue weighted by molar-refractivity contribution is -0.117. The van der Waals surface area contributed by atoms with E-state index < -0.39 is 5.97 Å². The van der Waals surface area contributed by atoms with Gasteiger partial charge in [-0.1, -0.05) is 44.2 Å². The Kier molecular flexibility index (Phi) is 21.9. The number of nitrogens with one attached hydrogen (secondary N) is 1. The van der Waals surface area contributed by atoms with Crippen molar-refractivity contribution in [2.45, 2.75) is 27.7 Å². The zero-order valence-electron chi connectivity index (χ0n) is 22.8. The minimum absolute atomic E-state index is 0. The molecule has 0 radical (unpaired) electrons. The zero-order chi connectivity index (χ0) is 28.2. The molecule has 38 heavy (non-hydrogen) atoms. The quantitative estimate of drug-likeness (QED) is 0.231. The van der Waals surface area contributed by atoms with Crippen LogP contribution in [-0.4, -0.2) is 106 Å². The third kappa shape index (κ3) is 15.5. The first-order chi connectivity index (χ1) is 17.6. The summed E-state index contributed by atoms with van der Waals surface area (Å²) in [4.78, 5) is 26.0. The van der Waals surface area contributed by atoms with Gasteiger partial charge in [-0.05, 0) is 50.2 Å². The minimum atomic E-state index is -1.11. The molecule has 11 heteroatoms. The monoisotopic (exact) mass is 557 g/mol. The smallest absolute Gasteiger partial charge is 0.339 e. The number of carboxylic acid groups (broad SMARTS) is 1. The van der Waals surface area contributed by atoms with Gasteiger partial charge in [-0.15, -0.1) is 12.4 Å². The number of amides is 1. The number of aliphatic hydroxyl groups is 3. The second-order valence-corrected chi connectivity index (χ2v) is 8.11. The average molecular weight is 558 g/mol. The molecule has 0 spiro atoms. The van der Waals surface area contributed by atoms with Crippen LogP contribution >= 0.6 is 12.4 Å². The summed E-state index contributed by atoms with van der Waals surface area (Å²) in [6.45, 7) is 12.2. The number of para-hydroxylation sites is 2. The summed E-state index contributed by atoms with van der Waals surface area (Å²) in [6.07, 6.45) is 0. The summed E-state index contributed by atoms with van der Waals surface area (Å²) in [5.41, 5.74) is 3.10. The van der Waals surface area contributed by atoms with Gasteiger partial charge in [0, 0.05) is 25.3 Å². The van der Waals surface area contributed by atoms with Crippen LogP contribution in [0.15, 0.2) is 42.5 Å². The van der Waals surface area contributed by atoms with Crippen molar-refractivity contribution in [3.05, 3.63) is 59.2 Å². The molecule has 2 aromatic rings. The molecule has 2 aromatic carbocycles. The van der Waals surface area contributed by atoms with Crippen LogP contribution in [0.5, 0.6) is 5.75 Å².